The molecule has 0 radical (unpaired) electrons. The Morgan fingerprint density at radius 1 is 1.03 bits per heavy atom. The number of nitrogens with one attached hydrogen (secondary N) is 2. The number of carbonyl (C=O) groups is 1. The molecule has 1 saturated carbocycles. The number of sulfonamides is 1. The summed E-state index contributed by atoms with van der Waals surface area (Å²) in [6.45, 7) is 10.6. The molecule has 3 aromatic carbocycles. The fourth-order valence-electron chi connectivity index (χ4n) is 10.0. The number of nitro benzene ring substituents is 1. The number of ether oxygens (including phenoxy) is 2. The molecular formula is C50H57ClN8O8S2. The Kier molecular flexibility index (Phi) is 13.0. The number of pyridine rings is 1. The van der Waals surface area contributed by atoms with Crippen LogP contribution in [0, 0.1) is 21.4 Å². The minimum Gasteiger partial charge on any atom is -0.493 e. The quantitative estimate of drug-likeness (QED) is 0.0848. The van der Waals surface area contributed by atoms with Crippen molar-refractivity contribution in [3.8, 4) is 17.2 Å². The van der Waals surface area contributed by atoms with E-state index >= 15 is 0 Å². The number of aromatic amines is 1. The molecule has 2 saturated heterocycles. The van der Waals surface area contributed by atoms with Gasteiger partial charge in [0.25, 0.3) is 21.6 Å². The lowest BCUT2D eigenvalue weighted by Gasteiger charge is -2.39. The molecule has 5 aliphatic rings. The number of nitro groups is 1. The molecule has 69 heavy (non-hydrogen) atoms. The van der Waals surface area contributed by atoms with E-state index in [2.05, 4.69) is 59.7 Å². The number of fused-ring (bicyclic) bond motifs is 2. The van der Waals surface area contributed by atoms with Gasteiger partial charge in [0.05, 0.1) is 39.8 Å². The second-order valence-corrected chi connectivity index (χ2v) is 24.6. The highest BCUT2D eigenvalue weighted by molar-refractivity contribution is 7.93. The lowest BCUT2D eigenvalue weighted by atomic mass is 9.72. The van der Waals surface area contributed by atoms with Gasteiger partial charge in [-0.05, 0) is 91.5 Å². The topological polar surface area (TPSA) is 193 Å². The Hall–Kier alpha value is -5.53. The number of hydrogen-bond acceptors (Lipinski definition) is 13. The maximum atomic E-state index is 14.1. The summed E-state index contributed by atoms with van der Waals surface area (Å²) in [5, 5.41) is 14.0. The third-order valence-corrected chi connectivity index (χ3v) is 17.9. The fraction of sp³-hybridized carbons (Fsp3) is 0.440. The summed E-state index contributed by atoms with van der Waals surface area (Å²) < 4.78 is 60.3. The van der Waals surface area contributed by atoms with Crippen molar-refractivity contribution < 1.29 is 31.8 Å². The van der Waals surface area contributed by atoms with Crippen molar-refractivity contribution >= 4 is 65.2 Å². The monoisotopic (exact) mass is 996 g/mol. The van der Waals surface area contributed by atoms with Crippen LogP contribution in [0.2, 0.25) is 5.02 Å². The van der Waals surface area contributed by atoms with Crippen molar-refractivity contribution in [1.29, 1.82) is 0 Å². The largest absolute Gasteiger partial charge is 0.493 e. The van der Waals surface area contributed by atoms with Crippen LogP contribution < -0.4 is 19.1 Å². The van der Waals surface area contributed by atoms with Gasteiger partial charge in [0.2, 0.25) is 0 Å². The Morgan fingerprint density at radius 3 is 2.54 bits per heavy atom. The van der Waals surface area contributed by atoms with Crippen LogP contribution >= 0.6 is 11.6 Å². The van der Waals surface area contributed by atoms with Crippen LogP contribution in [-0.4, -0.2) is 120 Å². The number of allylic oxidation sites excluding steroid dienone is 1. The van der Waals surface area contributed by atoms with Gasteiger partial charge < -0.3 is 24.3 Å². The maximum absolute atomic E-state index is 14.1. The van der Waals surface area contributed by atoms with Crippen molar-refractivity contribution in [2.45, 2.75) is 63.3 Å². The molecule has 5 heterocycles. The van der Waals surface area contributed by atoms with E-state index in [-0.39, 0.29) is 41.0 Å². The SMILES string of the molecule is CC1(C)CCC(CN2CCN(c3ccc(C(=O)NS(=O)(=O)c4cc5c(c([N+](=O)[O-])c4)C[C@@H](CN4CCS(=O)(=NC6CC6)CC4)CO5)c(Oc4cnc5[nH]ccc5c4)c3)CC2)=C(c2ccc(Cl)cc2)C1. The van der Waals surface area contributed by atoms with Crippen LogP contribution in [0.5, 0.6) is 17.2 Å². The summed E-state index contributed by atoms with van der Waals surface area (Å²) in [6.07, 6.45) is 8.76. The highest BCUT2D eigenvalue weighted by Gasteiger charge is 2.35. The molecule has 0 unspecified atom stereocenters. The number of piperazine rings is 1. The zero-order chi connectivity index (χ0) is 48.1. The van der Waals surface area contributed by atoms with Gasteiger partial charge in [-0.25, -0.2) is 26.7 Å². The number of benzene rings is 3. The van der Waals surface area contributed by atoms with Gasteiger partial charge in [-0.1, -0.05) is 43.2 Å². The van der Waals surface area contributed by atoms with Crippen molar-refractivity contribution in [3.63, 3.8) is 0 Å². The van der Waals surface area contributed by atoms with Gasteiger partial charge in [-0.15, -0.1) is 0 Å². The number of halogens is 1. The number of amides is 1. The van der Waals surface area contributed by atoms with E-state index < -0.39 is 41.2 Å². The summed E-state index contributed by atoms with van der Waals surface area (Å²) in [4.78, 5) is 39.9. The summed E-state index contributed by atoms with van der Waals surface area (Å²) in [7, 11) is -6.86. The van der Waals surface area contributed by atoms with Crippen molar-refractivity contribution in [3.05, 3.63) is 117 Å². The Bertz CT molecular complexity index is 3070. The van der Waals surface area contributed by atoms with E-state index in [4.69, 9.17) is 21.1 Å². The highest BCUT2D eigenvalue weighted by atomic mass is 35.5. The molecule has 1 amide bonds. The molecule has 2 aliphatic carbocycles. The van der Waals surface area contributed by atoms with E-state index in [1.807, 2.05) is 18.2 Å². The van der Waals surface area contributed by atoms with Crippen molar-refractivity contribution in [1.82, 2.24) is 24.5 Å². The Morgan fingerprint density at radius 2 is 1.80 bits per heavy atom. The molecule has 2 aromatic heterocycles. The van der Waals surface area contributed by atoms with Gasteiger partial charge in [0.15, 0.2) is 0 Å². The van der Waals surface area contributed by atoms with Crippen LogP contribution in [0.4, 0.5) is 11.4 Å². The van der Waals surface area contributed by atoms with Gasteiger partial charge in [0, 0.05) is 120 Å². The van der Waals surface area contributed by atoms with Gasteiger partial charge in [-0.3, -0.25) is 19.8 Å². The molecule has 19 heteroatoms. The normalized spacial score (nSPS) is 20.8. The van der Waals surface area contributed by atoms with E-state index in [0.29, 0.717) is 67.6 Å². The summed E-state index contributed by atoms with van der Waals surface area (Å²) in [6, 6.07) is 19.3. The number of nitrogens with zero attached hydrogens (tertiary/aromatic N) is 6. The number of aromatic nitrogens is 2. The molecule has 1 atom stereocenters. The molecule has 364 valence electrons. The van der Waals surface area contributed by atoms with Crippen LogP contribution in [-0.2, 0) is 26.2 Å². The van der Waals surface area contributed by atoms with Crippen LogP contribution in [0.15, 0.2) is 94.0 Å². The lowest BCUT2D eigenvalue weighted by Crippen LogP contribution is -2.47. The number of H-pyrrole nitrogens is 1. The van der Waals surface area contributed by atoms with Crippen LogP contribution in [0.25, 0.3) is 16.6 Å². The molecule has 0 bridgehead atoms. The molecule has 16 nitrogen and oxygen atoms in total. The standard InChI is InChI=1S/C50H57ClN8O8S2/c1-50(2)13-11-36(44(28-50)34-3-5-37(51)6-4-34)31-56-15-17-58(18-16-56)39-9-10-42(47(25-39)67-40-24-35-12-14-52-48(35)53-29-40)49(60)55-69(64,65)41-26-45(59(61)62)43-23-33(32-66-46(43)27-41)30-57-19-21-68(63,22-20-57)54-38-7-8-38/h3-6,9-10,12,14,24-27,29,33,38H,7-8,11,13,15-23,28,30-32H2,1-2H3,(H,52,53)(H,55,60)/t33-/m0/s1. The lowest BCUT2D eigenvalue weighted by molar-refractivity contribution is -0.386. The predicted octanol–water partition coefficient (Wildman–Crippen LogP) is 8.32. The number of hydrogen-bond donors (Lipinski definition) is 2. The first-order chi connectivity index (χ1) is 33.0. The van der Waals surface area contributed by atoms with Crippen LogP contribution in [0.3, 0.4) is 0 Å². The van der Waals surface area contributed by atoms with Gasteiger partial charge >= 0.3 is 0 Å². The molecule has 10 rings (SSSR count). The first kappa shape index (κ1) is 47.2. The minimum atomic E-state index is -4.66. The third-order valence-electron chi connectivity index (χ3n) is 14.1. The van der Waals surface area contributed by atoms with E-state index in [0.717, 1.165) is 73.9 Å². The van der Waals surface area contributed by atoms with E-state index in [1.165, 1.54) is 35.0 Å². The second-order valence-electron chi connectivity index (χ2n) is 19.9. The zero-order valence-electron chi connectivity index (χ0n) is 38.8. The Labute approximate surface area is 407 Å². The minimum absolute atomic E-state index is 0.0571. The predicted molar refractivity (Wildman–Crippen MR) is 267 cm³/mol. The number of carbonyl (C=O) groups excluding carboxylic acids is 1. The number of rotatable bonds is 13. The first-order valence-corrected chi connectivity index (χ1v) is 27.4. The Balaban J connectivity index is 0.851. The molecule has 0 spiro atoms. The molecule has 3 fully saturated rings. The average Bonchev–Trinajstić information content (AvgIpc) is 4.01. The van der Waals surface area contributed by atoms with Crippen molar-refractivity contribution in [2.24, 2.45) is 15.7 Å². The molecule has 3 aliphatic heterocycles. The van der Waals surface area contributed by atoms with E-state index in [9.17, 15) is 27.5 Å². The number of anilines is 1. The van der Waals surface area contributed by atoms with E-state index in [1.54, 1.807) is 24.4 Å². The summed E-state index contributed by atoms with van der Waals surface area (Å²) in [5.41, 5.74) is 5.59. The first-order valence-electron chi connectivity index (χ1n) is 23.7. The fourth-order valence-corrected chi connectivity index (χ4v) is 13.4. The highest BCUT2D eigenvalue weighted by Crippen LogP contribution is 2.44. The average molecular weight is 998 g/mol. The maximum Gasteiger partial charge on any atom is 0.277 e. The smallest absolute Gasteiger partial charge is 0.277 e. The summed E-state index contributed by atoms with van der Waals surface area (Å²) >= 11 is 6.26. The zero-order valence-corrected chi connectivity index (χ0v) is 41.2. The van der Waals surface area contributed by atoms with Gasteiger partial charge in [0.1, 0.15) is 22.9 Å². The second kappa shape index (κ2) is 19.0. The molecular weight excluding hydrogens is 940 g/mol. The van der Waals surface area contributed by atoms with Crippen molar-refractivity contribution in [2.75, 3.05) is 75.4 Å². The molecule has 5 aromatic rings. The third kappa shape index (κ3) is 10.8. The van der Waals surface area contributed by atoms with Crippen LogP contribution in [0.1, 0.15) is 67.4 Å². The molecule has 2 N–H and O–H groups in total. The summed E-state index contributed by atoms with van der Waals surface area (Å²) in [5.74, 6) is 0.458. The van der Waals surface area contributed by atoms with Gasteiger partial charge in [-0.2, -0.15) is 0 Å².